The van der Waals surface area contributed by atoms with Gasteiger partial charge in [-0.1, -0.05) is 5.16 Å². The maximum absolute atomic E-state index is 13.0. The van der Waals surface area contributed by atoms with Gasteiger partial charge in [0, 0.05) is 16.9 Å². The first kappa shape index (κ1) is 26.3. The van der Waals surface area contributed by atoms with Crippen LogP contribution in [0.2, 0.25) is 0 Å². The number of rotatable bonds is 9. The molecule has 2 aliphatic heterocycles. The summed E-state index contributed by atoms with van der Waals surface area (Å²) in [6.45, 7) is 1.89. The van der Waals surface area contributed by atoms with E-state index in [1.807, 2.05) is 0 Å². The Labute approximate surface area is 222 Å². The van der Waals surface area contributed by atoms with Gasteiger partial charge in [0.1, 0.15) is 35.6 Å². The fraction of sp³-hybridized carbons (Fsp3) is 0.316. The van der Waals surface area contributed by atoms with E-state index in [-0.39, 0.29) is 51.9 Å². The highest BCUT2D eigenvalue weighted by molar-refractivity contribution is 8.01. The zero-order valence-electron chi connectivity index (χ0n) is 19.2. The first-order chi connectivity index (χ1) is 17.6. The lowest BCUT2D eigenvalue weighted by Crippen LogP contribution is -2.71. The number of nitrogens with two attached hydrogens (primary N) is 4. The maximum atomic E-state index is 13.0. The monoisotopic (exact) mass is 566 g/mol. The van der Waals surface area contributed by atoms with Crippen LogP contribution < -0.4 is 38.1 Å². The molecule has 0 radical (unpaired) electrons. The Kier molecular flexibility index (Phi) is 7.60. The zero-order chi connectivity index (χ0) is 26.9. The van der Waals surface area contributed by atoms with E-state index in [4.69, 9.17) is 27.9 Å². The van der Waals surface area contributed by atoms with Crippen molar-refractivity contribution in [3.8, 4) is 0 Å². The highest BCUT2D eigenvalue weighted by Crippen LogP contribution is 2.41. The molecule has 2 aromatic rings. The molecule has 2 atom stereocenters. The summed E-state index contributed by atoms with van der Waals surface area (Å²) in [6.07, 6.45) is 1.39. The number of anilines is 3. The molecule has 37 heavy (non-hydrogen) atoms. The second-order valence-corrected chi connectivity index (χ2v) is 10.5. The summed E-state index contributed by atoms with van der Waals surface area (Å²) in [4.78, 5) is 52.2. The van der Waals surface area contributed by atoms with E-state index in [0.29, 0.717) is 10.7 Å². The van der Waals surface area contributed by atoms with E-state index in [0.717, 1.165) is 28.0 Å². The number of hydrogen-bond acceptors (Lipinski definition) is 15. The molecule has 15 nitrogen and oxygen atoms in total. The number of thiazole rings is 1. The number of oxime groups is 1. The minimum Gasteiger partial charge on any atom is -0.543 e. The second-order valence-electron chi connectivity index (χ2n) is 7.59. The van der Waals surface area contributed by atoms with Gasteiger partial charge >= 0.3 is 5.16 Å². The molecule has 4 rings (SSSR count). The number of hydrogen-bond donors (Lipinski definition) is 5. The standard InChI is InChI=1S/C19H22N10O5S3/c1-2-34-27-10(9-6-36-18(22)24-9)14(30)25-11-15(31)29-12(17(32)33)7(4-35-16(11)29)5-37-19-26-13(21)8(20)3-28(19)23/h3,6,11,16,21H,2,4-5,20,23H2,1H3,(H4,22,24,25,30,32,33)/b27-10-/t11?,16-/m1/s1. The third-order valence-electron chi connectivity index (χ3n) is 5.18. The number of amides is 2. The molecule has 196 valence electrons. The predicted octanol–water partition coefficient (Wildman–Crippen LogP) is -2.78. The molecule has 1 saturated heterocycles. The van der Waals surface area contributed by atoms with Gasteiger partial charge in [-0.25, -0.2) is 4.98 Å². The zero-order valence-corrected chi connectivity index (χ0v) is 21.7. The summed E-state index contributed by atoms with van der Waals surface area (Å²) in [7, 11) is 0. The van der Waals surface area contributed by atoms with Gasteiger partial charge < -0.3 is 37.3 Å². The molecule has 2 aliphatic rings. The van der Waals surface area contributed by atoms with Gasteiger partial charge in [0.05, 0.1) is 11.7 Å². The largest absolute Gasteiger partial charge is 0.543 e. The fourth-order valence-electron chi connectivity index (χ4n) is 3.48. The molecule has 0 aromatic carbocycles. The molecule has 0 bridgehead atoms. The molecule has 2 amide bonds. The van der Waals surface area contributed by atoms with E-state index < -0.39 is 29.2 Å². The normalized spacial score (nSPS) is 19.3. The first-order valence-corrected chi connectivity index (χ1v) is 13.5. The molecular formula is C19H22N10O5S3. The van der Waals surface area contributed by atoms with Crippen molar-refractivity contribution in [3.63, 3.8) is 0 Å². The minimum atomic E-state index is -1.51. The lowest BCUT2D eigenvalue weighted by molar-refractivity contribution is -0.681. The van der Waals surface area contributed by atoms with Crippen LogP contribution in [0.1, 0.15) is 12.6 Å². The molecule has 1 fully saturated rings. The van der Waals surface area contributed by atoms with Gasteiger partial charge in [-0.15, -0.1) is 27.8 Å². The van der Waals surface area contributed by atoms with Crippen LogP contribution in [-0.4, -0.2) is 67.9 Å². The Morgan fingerprint density at radius 3 is 2.78 bits per heavy atom. The summed E-state index contributed by atoms with van der Waals surface area (Å²) in [5.41, 5.74) is 17.5. The molecule has 0 saturated carbocycles. The van der Waals surface area contributed by atoms with E-state index in [1.165, 1.54) is 28.0 Å². The van der Waals surface area contributed by atoms with Crippen molar-refractivity contribution in [1.29, 1.82) is 0 Å². The number of aliphatic carboxylic acids is 1. The molecule has 1 unspecified atom stereocenters. The van der Waals surface area contributed by atoms with Crippen molar-refractivity contribution in [3.05, 3.63) is 28.5 Å². The van der Waals surface area contributed by atoms with Crippen molar-refractivity contribution in [1.82, 2.24) is 20.2 Å². The van der Waals surface area contributed by atoms with E-state index in [9.17, 15) is 19.5 Å². The number of nitrogen functional groups attached to an aromatic ring is 4. The molecule has 0 spiro atoms. The van der Waals surface area contributed by atoms with Crippen molar-refractivity contribution >= 4 is 75.0 Å². The number of fused-ring (bicyclic) bond motifs is 1. The van der Waals surface area contributed by atoms with Gasteiger partial charge in [-0.2, -0.15) is 0 Å². The summed E-state index contributed by atoms with van der Waals surface area (Å²) >= 11 is 3.53. The van der Waals surface area contributed by atoms with Crippen LogP contribution in [0.4, 0.5) is 16.6 Å². The average molecular weight is 567 g/mol. The van der Waals surface area contributed by atoms with Gasteiger partial charge in [-0.05, 0) is 29.2 Å². The fourth-order valence-corrected chi connectivity index (χ4v) is 6.41. The van der Waals surface area contributed by atoms with Crippen LogP contribution in [0.25, 0.3) is 0 Å². The summed E-state index contributed by atoms with van der Waals surface area (Å²) in [5.74, 6) is 3.52. The molecule has 2 aromatic heterocycles. The van der Waals surface area contributed by atoms with Crippen LogP contribution in [0.5, 0.6) is 0 Å². The van der Waals surface area contributed by atoms with Crippen LogP contribution in [0.15, 0.2) is 33.2 Å². The van der Waals surface area contributed by atoms with Gasteiger partial charge in [0.25, 0.3) is 17.6 Å². The number of carboxylic acid groups (broad SMARTS) is 1. The number of thioether (sulfide) groups is 2. The van der Waals surface area contributed by atoms with Crippen molar-refractivity contribution < 1.29 is 29.0 Å². The SMILES string of the molecule is CCO/N=C(\C(=O)NC1C(=O)N2C(C(=O)[O-])=C(CSc3nc(N)c(N)c[n+]3N)CS[C@H]12)c1csc(N)n1. The summed E-state index contributed by atoms with van der Waals surface area (Å²) in [6, 6.07) is -0.992. The average Bonchev–Trinajstić information content (AvgIpc) is 3.29. The third-order valence-corrected chi connectivity index (χ3v) is 8.24. The Hall–Kier alpha value is -3.77. The van der Waals surface area contributed by atoms with Gasteiger partial charge in [-0.3, -0.25) is 20.3 Å². The maximum Gasteiger partial charge on any atom is 0.384 e. The summed E-state index contributed by atoms with van der Waals surface area (Å²) in [5, 5.41) is 19.8. The molecule has 0 aliphatic carbocycles. The molecule has 18 heteroatoms. The van der Waals surface area contributed by atoms with E-state index >= 15 is 0 Å². The number of carbonyl (C=O) groups excluding carboxylic acids is 3. The van der Waals surface area contributed by atoms with Crippen LogP contribution in [0.3, 0.4) is 0 Å². The Morgan fingerprint density at radius 2 is 2.14 bits per heavy atom. The van der Waals surface area contributed by atoms with Gasteiger partial charge in [0.15, 0.2) is 10.8 Å². The Morgan fingerprint density at radius 1 is 1.38 bits per heavy atom. The van der Waals surface area contributed by atoms with E-state index in [2.05, 4.69) is 20.4 Å². The molecular weight excluding hydrogens is 544 g/mol. The van der Waals surface area contributed by atoms with Crippen molar-refractivity contribution in [2.24, 2.45) is 5.16 Å². The smallest absolute Gasteiger partial charge is 0.384 e. The highest BCUT2D eigenvalue weighted by atomic mass is 32.2. The lowest BCUT2D eigenvalue weighted by atomic mass is 10.0. The number of nitrogens with one attached hydrogen (secondary N) is 1. The van der Waals surface area contributed by atoms with Crippen molar-refractivity contribution in [2.75, 3.05) is 41.2 Å². The first-order valence-electron chi connectivity index (χ1n) is 10.6. The second kappa shape index (κ2) is 10.7. The number of carboxylic acids is 1. The quantitative estimate of drug-likeness (QED) is 0.0393. The molecule has 4 heterocycles. The number of aromatic nitrogens is 3. The van der Waals surface area contributed by atoms with Gasteiger partial charge in [0.2, 0.25) is 0 Å². The lowest BCUT2D eigenvalue weighted by Gasteiger charge is -2.50. The number of nitrogens with zero attached hydrogens (tertiary/aromatic N) is 5. The summed E-state index contributed by atoms with van der Waals surface area (Å²) < 4.78 is 1.17. The number of carbonyl (C=O) groups is 3. The van der Waals surface area contributed by atoms with Crippen LogP contribution >= 0.6 is 34.9 Å². The minimum absolute atomic E-state index is 0.0838. The topological polar surface area (TPSA) is 245 Å². The Balaban J connectivity index is 1.50. The van der Waals surface area contributed by atoms with E-state index in [1.54, 1.807) is 6.92 Å². The third kappa shape index (κ3) is 5.20. The number of β-lactam (4-membered cyclic amide) rings is 1. The predicted molar refractivity (Wildman–Crippen MR) is 136 cm³/mol. The highest BCUT2D eigenvalue weighted by Gasteiger charge is 2.53. The Bertz CT molecular complexity index is 1330. The van der Waals surface area contributed by atoms with Crippen molar-refractivity contribution in [2.45, 2.75) is 23.5 Å². The molecule has 9 N–H and O–H groups in total. The van der Waals surface area contributed by atoms with Crippen LogP contribution in [0, 0.1) is 0 Å². The van der Waals surface area contributed by atoms with Crippen LogP contribution in [-0.2, 0) is 19.2 Å².